The minimum Gasteiger partial charge on any atom is -0.465 e. The number of rotatable bonds is 17. The second-order valence-corrected chi connectivity index (χ2v) is 17.6. The summed E-state index contributed by atoms with van der Waals surface area (Å²) in [5.41, 5.74) is -0.920. The SMILES string of the molecule is C/C=C\[C@H](C)[C@H]1O[C@]1(C)[C@@H](O[Si](C)(C)C(C)(C)C)[C@@H](COC(C)=O)C(=O)[C@H](COC(C)=O)[C@@H](CC(=O)CC)OC(C)=O. The van der Waals surface area contributed by atoms with Crippen LogP contribution in [0.15, 0.2) is 12.2 Å². The molecule has 42 heavy (non-hydrogen) atoms. The Balaban J connectivity index is 3.80. The number of carbonyl (C=O) groups is 5. The first-order valence-corrected chi connectivity index (χ1v) is 17.6. The van der Waals surface area contributed by atoms with E-state index in [1.807, 2.05) is 32.9 Å². The number of allylic oxidation sites excluding steroid dienone is 1. The standard InChI is InChI=1S/C31H52O10Si/c1-13-15-19(3)28-31(10,40-28)29(41-42(11,12)30(7,8)9)25(18-38-21(5)33)27(36)24(17-37-20(4)32)26(39-22(6)34)16-23(35)14-2/h13,15,19,24-26,28-29H,14,16-18H2,1-12H3/b15-13-/t19-,24+,25-,26+,28+,29-,31-/m0/s1. The van der Waals surface area contributed by atoms with Gasteiger partial charge in [-0.25, -0.2) is 0 Å². The Bertz CT molecular complexity index is 1010. The number of Topliss-reactive ketones (excluding diaryl/α,β-unsaturated/α-hetero) is 2. The van der Waals surface area contributed by atoms with E-state index >= 15 is 0 Å². The predicted octanol–water partition coefficient (Wildman–Crippen LogP) is 4.98. The van der Waals surface area contributed by atoms with Crippen LogP contribution in [0.5, 0.6) is 0 Å². The van der Waals surface area contributed by atoms with Gasteiger partial charge in [0.15, 0.2) is 14.1 Å². The zero-order valence-corrected chi connectivity index (χ0v) is 28.5. The molecular weight excluding hydrogens is 560 g/mol. The van der Waals surface area contributed by atoms with Gasteiger partial charge in [-0.05, 0) is 32.0 Å². The van der Waals surface area contributed by atoms with Crippen LogP contribution in [0.3, 0.4) is 0 Å². The molecule has 0 saturated carbocycles. The number of esters is 3. The van der Waals surface area contributed by atoms with Gasteiger partial charge in [-0.1, -0.05) is 46.8 Å². The molecule has 0 aromatic carbocycles. The van der Waals surface area contributed by atoms with Gasteiger partial charge in [0.25, 0.3) is 0 Å². The Morgan fingerprint density at radius 1 is 0.952 bits per heavy atom. The Morgan fingerprint density at radius 2 is 1.48 bits per heavy atom. The number of ketones is 2. The van der Waals surface area contributed by atoms with Crippen molar-refractivity contribution >= 4 is 37.8 Å². The van der Waals surface area contributed by atoms with Crippen LogP contribution in [0.25, 0.3) is 0 Å². The van der Waals surface area contributed by atoms with Crippen molar-refractivity contribution < 1.29 is 47.3 Å². The van der Waals surface area contributed by atoms with E-state index in [1.165, 1.54) is 20.8 Å². The third-order valence-corrected chi connectivity index (χ3v) is 12.7. The Morgan fingerprint density at radius 3 is 1.90 bits per heavy atom. The van der Waals surface area contributed by atoms with E-state index in [2.05, 4.69) is 33.9 Å². The molecule has 0 radical (unpaired) electrons. The quantitative estimate of drug-likeness (QED) is 0.0728. The normalized spacial score (nSPS) is 22.4. The van der Waals surface area contributed by atoms with E-state index in [1.54, 1.807) is 6.92 Å². The number of ether oxygens (including phenoxy) is 4. The fourth-order valence-electron chi connectivity index (χ4n) is 4.82. The molecule has 0 aromatic rings. The summed E-state index contributed by atoms with van der Waals surface area (Å²) >= 11 is 0. The Labute approximate surface area is 252 Å². The van der Waals surface area contributed by atoms with Crippen LogP contribution in [0.1, 0.15) is 82.1 Å². The van der Waals surface area contributed by atoms with Crippen LogP contribution in [0.2, 0.25) is 18.1 Å². The van der Waals surface area contributed by atoms with Crippen molar-refractivity contribution in [3.8, 4) is 0 Å². The lowest BCUT2D eigenvalue weighted by atomic mass is 9.79. The lowest BCUT2D eigenvalue weighted by Crippen LogP contribution is -2.55. The smallest absolute Gasteiger partial charge is 0.302 e. The summed E-state index contributed by atoms with van der Waals surface area (Å²) in [5, 5.41) is -0.235. The van der Waals surface area contributed by atoms with Crippen LogP contribution in [0.4, 0.5) is 0 Å². The van der Waals surface area contributed by atoms with Crippen LogP contribution in [-0.2, 0) is 47.3 Å². The molecule has 1 fully saturated rings. The molecule has 0 bridgehead atoms. The molecule has 11 heteroatoms. The number of carbonyl (C=O) groups excluding carboxylic acids is 5. The molecule has 0 N–H and O–H groups in total. The van der Waals surface area contributed by atoms with Gasteiger partial charge in [0.1, 0.15) is 30.7 Å². The lowest BCUT2D eigenvalue weighted by molar-refractivity contribution is -0.160. The number of epoxide rings is 1. The van der Waals surface area contributed by atoms with Gasteiger partial charge in [-0.2, -0.15) is 0 Å². The molecule has 0 amide bonds. The summed E-state index contributed by atoms with van der Waals surface area (Å²) in [6.45, 7) is 20.7. The highest BCUT2D eigenvalue weighted by molar-refractivity contribution is 6.74. The van der Waals surface area contributed by atoms with Crippen LogP contribution < -0.4 is 0 Å². The minimum atomic E-state index is -2.56. The Hall–Kier alpha value is -2.37. The maximum Gasteiger partial charge on any atom is 0.302 e. The fourth-order valence-corrected chi connectivity index (χ4v) is 6.21. The highest BCUT2D eigenvalue weighted by Gasteiger charge is 2.64. The molecule has 10 nitrogen and oxygen atoms in total. The highest BCUT2D eigenvalue weighted by atomic mass is 28.4. The maximum atomic E-state index is 14.6. The topological polar surface area (TPSA) is 135 Å². The van der Waals surface area contributed by atoms with Crippen molar-refractivity contribution in [3.05, 3.63) is 12.2 Å². The Kier molecular flexibility index (Phi) is 13.8. The summed E-state index contributed by atoms with van der Waals surface area (Å²) in [6.07, 6.45) is 1.53. The van der Waals surface area contributed by atoms with Crippen molar-refractivity contribution in [2.24, 2.45) is 17.8 Å². The van der Waals surface area contributed by atoms with Gasteiger partial charge >= 0.3 is 17.9 Å². The number of hydrogen-bond donors (Lipinski definition) is 0. The van der Waals surface area contributed by atoms with Gasteiger partial charge < -0.3 is 23.4 Å². The van der Waals surface area contributed by atoms with E-state index in [0.29, 0.717) is 0 Å². The van der Waals surface area contributed by atoms with E-state index in [9.17, 15) is 24.0 Å². The predicted molar refractivity (Wildman–Crippen MR) is 160 cm³/mol. The van der Waals surface area contributed by atoms with Gasteiger partial charge in [0, 0.05) is 39.5 Å². The lowest BCUT2D eigenvalue weighted by Gasteiger charge is -2.43. The van der Waals surface area contributed by atoms with Crippen molar-refractivity contribution in [3.63, 3.8) is 0 Å². The van der Waals surface area contributed by atoms with E-state index in [4.69, 9.17) is 23.4 Å². The average Bonchev–Trinajstić information content (AvgIpc) is 3.54. The van der Waals surface area contributed by atoms with Gasteiger partial charge in [0.05, 0.1) is 24.0 Å². The summed E-state index contributed by atoms with van der Waals surface area (Å²) in [6, 6.07) is 0. The van der Waals surface area contributed by atoms with Gasteiger partial charge in [-0.3, -0.25) is 24.0 Å². The second-order valence-electron chi connectivity index (χ2n) is 12.9. The average molecular weight is 613 g/mol. The van der Waals surface area contributed by atoms with E-state index in [-0.39, 0.29) is 42.3 Å². The fraction of sp³-hybridized carbons (Fsp3) is 0.774. The molecule has 0 spiro atoms. The second kappa shape index (κ2) is 15.4. The van der Waals surface area contributed by atoms with E-state index in [0.717, 1.165) is 0 Å². The molecule has 1 rings (SSSR count). The summed E-state index contributed by atoms with van der Waals surface area (Å²) in [4.78, 5) is 63.0. The third kappa shape index (κ3) is 10.4. The van der Waals surface area contributed by atoms with Gasteiger partial charge in [-0.15, -0.1) is 0 Å². The molecular formula is C31H52O10Si. The summed E-state index contributed by atoms with van der Waals surface area (Å²) in [7, 11) is -2.56. The first kappa shape index (κ1) is 37.7. The molecule has 0 aromatic heterocycles. The zero-order chi connectivity index (χ0) is 32.6. The largest absolute Gasteiger partial charge is 0.465 e. The maximum absolute atomic E-state index is 14.6. The molecule has 240 valence electrons. The monoisotopic (exact) mass is 612 g/mol. The molecule has 1 aliphatic rings. The van der Waals surface area contributed by atoms with Crippen LogP contribution in [0, 0.1) is 17.8 Å². The van der Waals surface area contributed by atoms with Crippen LogP contribution in [-0.4, -0.2) is 74.9 Å². The first-order valence-electron chi connectivity index (χ1n) is 14.7. The summed E-state index contributed by atoms with van der Waals surface area (Å²) < 4.78 is 29.4. The van der Waals surface area contributed by atoms with E-state index < -0.39 is 68.3 Å². The molecule has 1 aliphatic heterocycles. The molecule has 7 atom stereocenters. The zero-order valence-electron chi connectivity index (χ0n) is 27.5. The van der Waals surface area contributed by atoms with Crippen molar-refractivity contribution in [2.75, 3.05) is 13.2 Å². The minimum absolute atomic E-state index is 0.00260. The summed E-state index contributed by atoms with van der Waals surface area (Å²) in [5.74, 6) is -4.95. The van der Waals surface area contributed by atoms with Crippen molar-refractivity contribution in [1.29, 1.82) is 0 Å². The molecule has 1 saturated heterocycles. The third-order valence-electron chi connectivity index (χ3n) is 8.27. The molecule has 0 aliphatic carbocycles. The highest BCUT2D eigenvalue weighted by Crippen LogP contribution is 2.51. The van der Waals surface area contributed by atoms with Gasteiger partial charge in [0.2, 0.25) is 0 Å². The van der Waals surface area contributed by atoms with Crippen molar-refractivity contribution in [1.82, 2.24) is 0 Å². The first-order chi connectivity index (χ1) is 19.2. The van der Waals surface area contributed by atoms with Crippen LogP contribution >= 0.6 is 0 Å². The van der Waals surface area contributed by atoms with Crippen molar-refractivity contribution in [2.45, 2.75) is 124 Å². The number of hydrogen-bond acceptors (Lipinski definition) is 10. The molecule has 1 heterocycles. The molecule has 0 unspecified atom stereocenters.